The molecule has 0 unspecified atom stereocenters. The molecule has 0 radical (unpaired) electrons. The van der Waals surface area contributed by atoms with E-state index in [2.05, 4.69) is 5.32 Å². The highest BCUT2D eigenvalue weighted by molar-refractivity contribution is 7.17. The summed E-state index contributed by atoms with van der Waals surface area (Å²) < 4.78 is 0. The minimum absolute atomic E-state index is 0.101. The summed E-state index contributed by atoms with van der Waals surface area (Å²) in [7, 11) is 0. The lowest BCUT2D eigenvalue weighted by atomic mass is 9.95. The molecule has 1 aromatic heterocycles. The first-order valence-corrected chi connectivity index (χ1v) is 6.31. The van der Waals surface area contributed by atoms with Gasteiger partial charge in [-0.25, -0.2) is 4.79 Å². The van der Waals surface area contributed by atoms with Gasteiger partial charge in [-0.3, -0.25) is 9.59 Å². The highest BCUT2D eigenvalue weighted by Crippen LogP contribution is 2.38. The summed E-state index contributed by atoms with van der Waals surface area (Å²) in [6.45, 7) is 0. The summed E-state index contributed by atoms with van der Waals surface area (Å²) in [5.41, 5.74) is 5.72. The van der Waals surface area contributed by atoms with Crippen molar-refractivity contribution >= 4 is 34.1 Å². The monoisotopic (exact) mass is 268 g/mol. The number of carbonyl (C=O) groups excluding carboxylic acids is 2. The molecule has 0 saturated carbocycles. The molecule has 1 aliphatic rings. The molecule has 6 nitrogen and oxygen atoms in total. The number of nitrogens with one attached hydrogen (secondary N) is 1. The fourth-order valence-electron chi connectivity index (χ4n) is 2.04. The second kappa shape index (κ2) is 4.77. The van der Waals surface area contributed by atoms with E-state index in [-0.39, 0.29) is 10.6 Å². The third-order valence-corrected chi connectivity index (χ3v) is 4.04. The van der Waals surface area contributed by atoms with Crippen LogP contribution in [0, 0.1) is 0 Å². The number of thiophene rings is 1. The third kappa shape index (κ3) is 2.21. The molecule has 0 saturated heterocycles. The first-order valence-electron chi connectivity index (χ1n) is 5.49. The number of hydrogen-bond donors (Lipinski definition) is 3. The molecule has 18 heavy (non-hydrogen) atoms. The number of aryl methyl sites for hydroxylation is 1. The maximum atomic E-state index is 11.2. The van der Waals surface area contributed by atoms with Gasteiger partial charge in [0, 0.05) is 4.88 Å². The number of anilines is 1. The van der Waals surface area contributed by atoms with Crippen LogP contribution in [0.5, 0.6) is 0 Å². The number of hydrogen-bond acceptors (Lipinski definition) is 4. The molecule has 1 aliphatic carbocycles. The number of nitrogens with two attached hydrogens (primary N) is 1. The first kappa shape index (κ1) is 12.6. The number of rotatable bonds is 2. The highest BCUT2D eigenvalue weighted by atomic mass is 32.1. The van der Waals surface area contributed by atoms with Crippen molar-refractivity contribution in [3.8, 4) is 0 Å². The van der Waals surface area contributed by atoms with Crippen molar-refractivity contribution in [2.45, 2.75) is 25.7 Å². The zero-order chi connectivity index (χ0) is 13.3. The molecule has 0 aliphatic heterocycles. The molecule has 0 bridgehead atoms. The van der Waals surface area contributed by atoms with E-state index >= 15 is 0 Å². The molecule has 96 valence electrons. The third-order valence-electron chi connectivity index (χ3n) is 2.84. The summed E-state index contributed by atoms with van der Waals surface area (Å²) in [5.74, 6) is -3.21. The smallest absolute Gasteiger partial charge is 0.339 e. The fraction of sp³-hybridized carbons (Fsp3) is 0.364. The van der Waals surface area contributed by atoms with Gasteiger partial charge in [-0.05, 0) is 31.2 Å². The Morgan fingerprint density at radius 2 is 1.89 bits per heavy atom. The summed E-state index contributed by atoms with van der Waals surface area (Å²) >= 11 is 1.22. The standard InChI is InChI=1S/C11H12N2O4S/c12-8(14)9(15)13-10-7(11(16)17)5-3-1-2-4-6(5)18-10/h1-4H2,(H2,12,14)(H,13,15)(H,16,17). The van der Waals surface area contributed by atoms with E-state index in [0.717, 1.165) is 29.7 Å². The van der Waals surface area contributed by atoms with E-state index in [1.165, 1.54) is 11.3 Å². The second-order valence-corrected chi connectivity index (χ2v) is 5.14. The Morgan fingerprint density at radius 1 is 1.22 bits per heavy atom. The average Bonchev–Trinajstić information content (AvgIpc) is 2.66. The van der Waals surface area contributed by atoms with Crippen molar-refractivity contribution < 1.29 is 19.5 Å². The minimum atomic E-state index is -1.13. The van der Waals surface area contributed by atoms with Gasteiger partial charge in [0.15, 0.2) is 0 Å². The van der Waals surface area contributed by atoms with Gasteiger partial charge in [0.05, 0.1) is 5.56 Å². The van der Waals surface area contributed by atoms with Gasteiger partial charge in [-0.1, -0.05) is 0 Å². The summed E-state index contributed by atoms with van der Waals surface area (Å²) in [6.07, 6.45) is 3.45. The maximum Gasteiger partial charge on any atom is 0.339 e. The molecule has 2 rings (SSSR count). The number of fused-ring (bicyclic) bond motifs is 1. The second-order valence-electron chi connectivity index (χ2n) is 4.04. The van der Waals surface area contributed by atoms with Crippen molar-refractivity contribution in [2.24, 2.45) is 5.73 Å². The van der Waals surface area contributed by atoms with Crippen LogP contribution in [0.3, 0.4) is 0 Å². The van der Waals surface area contributed by atoms with E-state index in [9.17, 15) is 19.5 Å². The molecule has 1 aromatic rings. The van der Waals surface area contributed by atoms with Crippen LogP contribution >= 0.6 is 11.3 Å². The molecule has 1 heterocycles. The SMILES string of the molecule is NC(=O)C(=O)Nc1sc2c(c1C(=O)O)CCCC2. The number of carboxylic acid groups (broad SMARTS) is 1. The number of aromatic carboxylic acids is 1. The zero-order valence-electron chi connectivity index (χ0n) is 9.49. The number of carboxylic acids is 1. The fourth-order valence-corrected chi connectivity index (χ4v) is 3.32. The van der Waals surface area contributed by atoms with E-state index in [1.54, 1.807) is 0 Å². The topological polar surface area (TPSA) is 109 Å². The van der Waals surface area contributed by atoms with Crippen molar-refractivity contribution in [2.75, 3.05) is 5.32 Å². The van der Waals surface area contributed by atoms with Crippen LogP contribution in [0.15, 0.2) is 0 Å². The normalized spacial score (nSPS) is 13.8. The summed E-state index contributed by atoms with van der Waals surface area (Å²) in [4.78, 5) is 34.1. The minimum Gasteiger partial charge on any atom is -0.478 e. The zero-order valence-corrected chi connectivity index (χ0v) is 10.3. The van der Waals surface area contributed by atoms with Crippen LogP contribution in [-0.2, 0) is 22.4 Å². The van der Waals surface area contributed by atoms with Crippen molar-refractivity contribution in [3.63, 3.8) is 0 Å². The summed E-state index contributed by atoms with van der Waals surface area (Å²) in [5, 5.41) is 11.7. The Hall–Kier alpha value is -1.89. The van der Waals surface area contributed by atoms with Gasteiger partial charge in [0.25, 0.3) is 0 Å². The van der Waals surface area contributed by atoms with E-state index in [1.807, 2.05) is 0 Å². The summed E-state index contributed by atoms with van der Waals surface area (Å²) in [6, 6.07) is 0. The van der Waals surface area contributed by atoms with Crippen LogP contribution in [0.25, 0.3) is 0 Å². The van der Waals surface area contributed by atoms with Crippen LogP contribution in [0.4, 0.5) is 5.00 Å². The maximum absolute atomic E-state index is 11.2. The van der Waals surface area contributed by atoms with Crippen LogP contribution in [0.2, 0.25) is 0 Å². The van der Waals surface area contributed by atoms with Crippen molar-refractivity contribution in [3.05, 3.63) is 16.0 Å². The molecule has 2 amide bonds. The van der Waals surface area contributed by atoms with Gasteiger partial charge < -0.3 is 16.2 Å². The molecule has 4 N–H and O–H groups in total. The number of primary amides is 1. The lowest BCUT2D eigenvalue weighted by molar-refractivity contribution is -0.134. The molecular weight excluding hydrogens is 256 g/mol. The molecular formula is C11H12N2O4S. The Labute approximate surface area is 107 Å². The molecule has 0 fully saturated rings. The lowest BCUT2D eigenvalue weighted by Gasteiger charge is -2.10. The highest BCUT2D eigenvalue weighted by Gasteiger charge is 2.26. The van der Waals surface area contributed by atoms with Crippen LogP contribution in [0.1, 0.15) is 33.6 Å². The number of amides is 2. The van der Waals surface area contributed by atoms with Gasteiger partial charge in [-0.2, -0.15) is 0 Å². The predicted octanol–water partition coefficient (Wildman–Crippen LogP) is 0.749. The van der Waals surface area contributed by atoms with E-state index < -0.39 is 17.8 Å². The van der Waals surface area contributed by atoms with Crippen LogP contribution in [-0.4, -0.2) is 22.9 Å². The Kier molecular flexibility index (Phi) is 3.33. The van der Waals surface area contributed by atoms with Crippen molar-refractivity contribution in [1.82, 2.24) is 0 Å². The number of carbonyl (C=O) groups is 3. The van der Waals surface area contributed by atoms with Gasteiger partial charge in [-0.15, -0.1) is 11.3 Å². The molecule has 7 heteroatoms. The largest absolute Gasteiger partial charge is 0.478 e. The van der Waals surface area contributed by atoms with Gasteiger partial charge in [0.1, 0.15) is 5.00 Å². The first-order chi connectivity index (χ1) is 8.50. The molecule has 0 spiro atoms. The molecule has 0 atom stereocenters. The van der Waals surface area contributed by atoms with Gasteiger partial charge in [0.2, 0.25) is 0 Å². The van der Waals surface area contributed by atoms with Crippen LogP contribution < -0.4 is 11.1 Å². The van der Waals surface area contributed by atoms with E-state index in [0.29, 0.717) is 6.42 Å². The average molecular weight is 268 g/mol. The van der Waals surface area contributed by atoms with Gasteiger partial charge >= 0.3 is 17.8 Å². The Balaban J connectivity index is 2.40. The quantitative estimate of drug-likeness (QED) is 0.687. The predicted molar refractivity (Wildman–Crippen MR) is 65.7 cm³/mol. The Bertz CT molecular complexity index is 535. The van der Waals surface area contributed by atoms with Crippen molar-refractivity contribution in [1.29, 1.82) is 0 Å². The lowest BCUT2D eigenvalue weighted by Crippen LogP contribution is -2.29. The Morgan fingerprint density at radius 3 is 2.50 bits per heavy atom. The molecule has 0 aromatic carbocycles. The van der Waals surface area contributed by atoms with E-state index in [4.69, 9.17) is 5.73 Å².